The fourth-order valence-electron chi connectivity index (χ4n) is 1.74. The number of nitrogens with zero attached hydrogens (tertiary/aromatic N) is 1. The van der Waals surface area contributed by atoms with E-state index in [1.54, 1.807) is 20.8 Å². The van der Waals surface area contributed by atoms with Gasteiger partial charge in [-0.05, 0) is 20.8 Å². The molecule has 1 aliphatic heterocycles. The molecule has 0 radical (unpaired) electrons. The lowest BCUT2D eigenvalue weighted by Gasteiger charge is -2.27. The maximum absolute atomic E-state index is 12.0. The normalized spacial score (nSPS) is 27.1. The summed E-state index contributed by atoms with van der Waals surface area (Å²) in [4.78, 5) is 25.1. The Morgan fingerprint density at radius 2 is 2.06 bits per heavy atom. The van der Waals surface area contributed by atoms with Crippen LogP contribution >= 0.6 is 0 Å². The zero-order valence-corrected chi connectivity index (χ0v) is 11.1. The molecule has 0 spiro atoms. The summed E-state index contributed by atoms with van der Waals surface area (Å²) in [6.45, 7) is 5.08. The quantitative estimate of drug-likeness (QED) is 0.699. The van der Waals surface area contributed by atoms with E-state index in [9.17, 15) is 9.59 Å². The van der Waals surface area contributed by atoms with Crippen molar-refractivity contribution in [3.05, 3.63) is 0 Å². The number of rotatable bonds is 2. The third-order valence-electron chi connectivity index (χ3n) is 2.64. The molecule has 6 heteroatoms. The van der Waals surface area contributed by atoms with E-state index in [1.807, 2.05) is 0 Å². The van der Waals surface area contributed by atoms with Crippen LogP contribution in [0.15, 0.2) is 0 Å². The molecule has 18 heavy (non-hydrogen) atoms. The smallest absolute Gasteiger partial charge is 0.410 e. The van der Waals surface area contributed by atoms with Gasteiger partial charge in [-0.3, -0.25) is 0 Å². The molecule has 0 saturated carbocycles. The average Bonchev–Trinajstić information content (AvgIpc) is 2.68. The Hall–Kier alpha value is -1.30. The van der Waals surface area contributed by atoms with Crippen LogP contribution in [0.2, 0.25) is 0 Å². The van der Waals surface area contributed by atoms with Gasteiger partial charge in [0.1, 0.15) is 5.60 Å². The van der Waals surface area contributed by atoms with Gasteiger partial charge in [0.05, 0.1) is 17.8 Å². The molecule has 104 valence electrons. The van der Waals surface area contributed by atoms with Crippen LogP contribution in [0.1, 0.15) is 31.3 Å². The molecule has 0 N–H and O–H groups in total. The molecule has 0 aromatic carbocycles. The van der Waals surface area contributed by atoms with Gasteiger partial charge in [-0.1, -0.05) is 0 Å². The van der Waals surface area contributed by atoms with Gasteiger partial charge in [0.15, 0.2) is 5.60 Å². The SMILES string of the molecule is [2H]C([2H])([2H])OC1(C(=O)OC)CCN(C(=O)OC(C)(C)C)C1. The monoisotopic (exact) mass is 262 g/mol. The zero-order valence-electron chi connectivity index (χ0n) is 14.1. The molecule has 1 atom stereocenters. The van der Waals surface area contributed by atoms with Crippen molar-refractivity contribution < 1.29 is 27.9 Å². The number of ether oxygens (including phenoxy) is 3. The lowest BCUT2D eigenvalue weighted by Crippen LogP contribution is -2.46. The van der Waals surface area contributed by atoms with E-state index in [-0.39, 0.29) is 19.5 Å². The Balaban J connectivity index is 2.86. The van der Waals surface area contributed by atoms with Gasteiger partial charge in [-0.25, -0.2) is 9.59 Å². The summed E-state index contributed by atoms with van der Waals surface area (Å²) >= 11 is 0. The van der Waals surface area contributed by atoms with Crippen LogP contribution < -0.4 is 0 Å². The molecule has 1 heterocycles. The predicted octanol–water partition coefficient (Wildman–Crippen LogP) is 1.19. The average molecular weight is 262 g/mol. The number of hydrogen-bond acceptors (Lipinski definition) is 5. The zero-order chi connectivity index (χ0) is 16.5. The van der Waals surface area contributed by atoms with Crippen molar-refractivity contribution in [2.45, 2.75) is 38.4 Å². The minimum Gasteiger partial charge on any atom is -0.467 e. The molecule has 0 aromatic heterocycles. The van der Waals surface area contributed by atoms with Gasteiger partial charge >= 0.3 is 12.1 Å². The number of likely N-dealkylation sites (tertiary alicyclic amines) is 1. The standard InChI is InChI=1S/C12H21NO5/c1-11(2,3)18-10(15)13-7-6-12(8-13,17-5)9(14)16-4/h6-8H2,1-5H3/i5D3. The number of methoxy groups -OCH3 is 2. The second-order valence-electron chi connectivity index (χ2n) is 5.24. The van der Waals surface area contributed by atoms with E-state index in [2.05, 4.69) is 4.74 Å². The van der Waals surface area contributed by atoms with E-state index >= 15 is 0 Å². The van der Waals surface area contributed by atoms with Gasteiger partial charge in [0.25, 0.3) is 0 Å². The molecule has 1 saturated heterocycles. The van der Waals surface area contributed by atoms with E-state index in [1.165, 1.54) is 4.90 Å². The maximum Gasteiger partial charge on any atom is 0.410 e. The summed E-state index contributed by atoms with van der Waals surface area (Å²) in [6.07, 6.45) is -0.584. The summed E-state index contributed by atoms with van der Waals surface area (Å²) in [5.74, 6) is -0.815. The van der Waals surface area contributed by atoms with Crippen LogP contribution in [0, 0.1) is 0 Å². The van der Waals surface area contributed by atoms with Gasteiger partial charge in [-0.2, -0.15) is 0 Å². The summed E-state index contributed by atoms with van der Waals surface area (Å²) in [6, 6.07) is 0. The molecule has 1 rings (SSSR count). The van der Waals surface area contributed by atoms with Gasteiger partial charge in [0.2, 0.25) is 0 Å². The van der Waals surface area contributed by atoms with Crippen molar-refractivity contribution >= 4 is 12.1 Å². The predicted molar refractivity (Wildman–Crippen MR) is 64.2 cm³/mol. The largest absolute Gasteiger partial charge is 0.467 e. The highest BCUT2D eigenvalue weighted by Crippen LogP contribution is 2.27. The van der Waals surface area contributed by atoms with Crippen molar-refractivity contribution in [3.8, 4) is 0 Å². The molecule has 0 bridgehead atoms. The molecular weight excluding hydrogens is 238 g/mol. The summed E-state index contributed by atoms with van der Waals surface area (Å²) in [5, 5.41) is 0. The van der Waals surface area contributed by atoms with Crippen molar-refractivity contribution in [1.29, 1.82) is 0 Å². The second-order valence-corrected chi connectivity index (χ2v) is 5.24. The van der Waals surface area contributed by atoms with Gasteiger partial charge in [-0.15, -0.1) is 0 Å². The molecule has 0 aromatic rings. The molecule has 1 aliphatic rings. The highest BCUT2D eigenvalue weighted by Gasteiger charge is 2.48. The number of amides is 1. The molecule has 6 nitrogen and oxygen atoms in total. The highest BCUT2D eigenvalue weighted by molar-refractivity contribution is 5.82. The van der Waals surface area contributed by atoms with Gasteiger partial charge < -0.3 is 19.1 Å². The first-order chi connectivity index (χ1) is 9.38. The molecule has 0 aliphatic carbocycles. The van der Waals surface area contributed by atoms with Crippen LogP contribution in [0.4, 0.5) is 4.79 Å². The highest BCUT2D eigenvalue weighted by atomic mass is 16.6. The third-order valence-corrected chi connectivity index (χ3v) is 2.64. The fraction of sp³-hybridized carbons (Fsp3) is 0.833. The van der Waals surface area contributed by atoms with E-state index in [4.69, 9.17) is 13.6 Å². The summed E-state index contributed by atoms with van der Waals surface area (Å²) < 4.78 is 36.3. The van der Waals surface area contributed by atoms with Crippen LogP contribution in [-0.4, -0.2) is 55.4 Å². The Kier molecular flexibility index (Phi) is 3.03. The first-order valence-corrected chi connectivity index (χ1v) is 5.65. The van der Waals surface area contributed by atoms with Crippen molar-refractivity contribution in [1.82, 2.24) is 4.90 Å². The fourth-order valence-corrected chi connectivity index (χ4v) is 1.74. The molecule has 1 fully saturated rings. The Morgan fingerprint density at radius 3 is 2.56 bits per heavy atom. The Morgan fingerprint density at radius 1 is 1.39 bits per heavy atom. The number of esters is 1. The Bertz CT molecular complexity index is 418. The van der Waals surface area contributed by atoms with Crippen molar-refractivity contribution in [2.75, 3.05) is 27.2 Å². The maximum atomic E-state index is 12.0. The van der Waals surface area contributed by atoms with E-state index < -0.39 is 30.3 Å². The molecular formula is C12H21NO5. The van der Waals surface area contributed by atoms with Crippen LogP contribution in [0.5, 0.6) is 0 Å². The van der Waals surface area contributed by atoms with Crippen molar-refractivity contribution in [3.63, 3.8) is 0 Å². The van der Waals surface area contributed by atoms with E-state index in [0.717, 1.165) is 7.11 Å². The van der Waals surface area contributed by atoms with Crippen LogP contribution in [0.3, 0.4) is 0 Å². The number of carbonyl (C=O) groups excluding carboxylic acids is 2. The molecule has 1 unspecified atom stereocenters. The van der Waals surface area contributed by atoms with Gasteiger partial charge in [0, 0.05) is 20.0 Å². The number of hydrogen-bond donors (Lipinski definition) is 0. The summed E-state index contributed by atoms with van der Waals surface area (Å²) in [7, 11) is -1.62. The van der Waals surface area contributed by atoms with E-state index in [0.29, 0.717) is 0 Å². The van der Waals surface area contributed by atoms with Crippen LogP contribution in [0.25, 0.3) is 0 Å². The van der Waals surface area contributed by atoms with Crippen LogP contribution in [-0.2, 0) is 19.0 Å². The topological polar surface area (TPSA) is 65.1 Å². The first kappa shape index (κ1) is 10.6. The number of carbonyl (C=O) groups is 2. The minimum absolute atomic E-state index is 0.0390. The minimum atomic E-state index is -2.77. The van der Waals surface area contributed by atoms with Crippen molar-refractivity contribution in [2.24, 2.45) is 0 Å². The second kappa shape index (κ2) is 5.14. The molecule has 1 amide bonds. The Labute approximate surface area is 111 Å². The first-order valence-electron chi connectivity index (χ1n) is 7.15. The third kappa shape index (κ3) is 3.13. The summed E-state index contributed by atoms with van der Waals surface area (Å²) in [5.41, 5.74) is -2.37. The lowest BCUT2D eigenvalue weighted by molar-refractivity contribution is -0.164. The lowest BCUT2D eigenvalue weighted by atomic mass is 10.0.